The summed E-state index contributed by atoms with van der Waals surface area (Å²) < 4.78 is 31.7. The number of aliphatic hydroxyl groups excluding tert-OH is 1. The van der Waals surface area contributed by atoms with E-state index >= 15 is 4.39 Å². The highest BCUT2D eigenvalue weighted by molar-refractivity contribution is 6.14. The van der Waals surface area contributed by atoms with Gasteiger partial charge >= 0.3 is 11.9 Å². The molecule has 21 nitrogen and oxygen atoms in total. The first-order valence-electron chi connectivity index (χ1n) is 23.4. The van der Waals surface area contributed by atoms with Gasteiger partial charge in [0.05, 0.1) is 6.04 Å². The molecule has 73 heavy (non-hydrogen) atoms. The van der Waals surface area contributed by atoms with Crippen LogP contribution < -0.4 is 26.6 Å². The van der Waals surface area contributed by atoms with E-state index in [2.05, 4.69) is 26.6 Å². The van der Waals surface area contributed by atoms with Gasteiger partial charge in [0.15, 0.2) is 0 Å². The number of carboxylic acids is 2. The molecular formula is C50H62F2N8O13. The van der Waals surface area contributed by atoms with Crippen LogP contribution in [0, 0.1) is 23.0 Å². The second-order valence-corrected chi connectivity index (χ2v) is 18.8. The molecule has 8 amide bonds. The first-order chi connectivity index (χ1) is 34.3. The Morgan fingerprint density at radius 3 is 2.00 bits per heavy atom. The van der Waals surface area contributed by atoms with Crippen molar-refractivity contribution in [2.75, 3.05) is 26.2 Å². The van der Waals surface area contributed by atoms with Crippen LogP contribution in [0.25, 0.3) is 11.1 Å². The number of carbonyl (C=O) groups is 10. The molecular weight excluding hydrogens is 959 g/mol. The van der Waals surface area contributed by atoms with Gasteiger partial charge in [-0.3, -0.25) is 48.1 Å². The van der Waals surface area contributed by atoms with Crippen molar-refractivity contribution in [2.45, 2.75) is 104 Å². The Morgan fingerprint density at radius 1 is 0.753 bits per heavy atom. The van der Waals surface area contributed by atoms with Crippen molar-refractivity contribution in [3.05, 3.63) is 95.8 Å². The second-order valence-electron chi connectivity index (χ2n) is 18.8. The summed E-state index contributed by atoms with van der Waals surface area (Å²) in [5, 5.41) is 41.1. The number of amides is 8. The summed E-state index contributed by atoms with van der Waals surface area (Å²) in [6, 6.07) is 6.97. The van der Waals surface area contributed by atoms with Crippen LogP contribution in [0.5, 0.6) is 0 Å². The lowest BCUT2D eigenvalue weighted by atomic mass is 9.82. The standard InChI is InChI=1S/C50H62F2N8O13/c1-28(2)44(57-39(63)26-60-40(64)15-16-41(60)65)48(71)54-29(3)46(69)56-35(47(70)53-20-18-38(62)55-36(49(72)73)14-17-43(67)68)19-21-59(42(66)27-61)45(50(4,5)6)37-22-31(33-23-32(51)12-13-34(33)52)25-58(37)24-30-10-8-7-9-11-30/h7-13,15-16,22-23,25,28-29,35-36,44-45,61H,14,17-21,24,26-27H2,1-6H3,(H,53,70)(H,54,71)(H,55,62)(H,56,69)(H,57,63)(H,67,68)(H,72,73). The lowest BCUT2D eigenvalue weighted by Crippen LogP contribution is -2.58. The average Bonchev–Trinajstić information content (AvgIpc) is 3.87. The Hall–Kier alpha value is -7.82. The molecule has 0 aliphatic carbocycles. The monoisotopic (exact) mass is 1020 g/mol. The van der Waals surface area contributed by atoms with Gasteiger partial charge in [0.1, 0.15) is 49.0 Å². The van der Waals surface area contributed by atoms with Crippen LogP contribution in [-0.4, -0.2) is 139 Å². The average molecular weight is 1020 g/mol. The van der Waals surface area contributed by atoms with Gasteiger partial charge in [0.2, 0.25) is 35.4 Å². The van der Waals surface area contributed by atoms with E-state index in [1.165, 1.54) is 11.8 Å². The van der Waals surface area contributed by atoms with Gasteiger partial charge in [0.25, 0.3) is 11.8 Å². The zero-order valence-electron chi connectivity index (χ0n) is 41.3. The van der Waals surface area contributed by atoms with Crippen LogP contribution in [0.2, 0.25) is 0 Å². The summed E-state index contributed by atoms with van der Waals surface area (Å²) in [6.45, 7) is 7.56. The molecule has 2 heterocycles. The highest BCUT2D eigenvalue weighted by atomic mass is 19.1. The van der Waals surface area contributed by atoms with E-state index in [-0.39, 0.29) is 30.6 Å². The van der Waals surface area contributed by atoms with Crippen molar-refractivity contribution in [3.8, 4) is 11.1 Å². The van der Waals surface area contributed by atoms with Crippen molar-refractivity contribution in [3.63, 3.8) is 0 Å². The zero-order chi connectivity index (χ0) is 54.3. The van der Waals surface area contributed by atoms with E-state index in [1.54, 1.807) is 51.4 Å². The summed E-state index contributed by atoms with van der Waals surface area (Å²) in [5.74, 6) is -11.4. The first-order valence-corrected chi connectivity index (χ1v) is 23.4. The molecule has 0 bridgehead atoms. The third-order valence-corrected chi connectivity index (χ3v) is 11.7. The zero-order valence-corrected chi connectivity index (χ0v) is 41.3. The van der Waals surface area contributed by atoms with E-state index in [9.17, 15) is 62.5 Å². The SMILES string of the molecule is CC(NC(=O)C(NC(=O)CN1C(=O)C=CC1=O)C(C)C)C(=O)NC(CCN(C(=O)CO)C(c1cc(-c2cc(F)ccc2F)cn1Cc1ccccc1)C(C)(C)C)C(=O)NCCC(=O)NC(CCC(=O)O)C(=O)O. The minimum atomic E-state index is -1.55. The second kappa shape index (κ2) is 26.0. The predicted octanol–water partition coefficient (Wildman–Crippen LogP) is 1.78. The van der Waals surface area contributed by atoms with Crippen LogP contribution >= 0.6 is 0 Å². The summed E-state index contributed by atoms with van der Waals surface area (Å²) in [5.41, 5.74) is 0.543. The fourth-order valence-electron chi connectivity index (χ4n) is 8.00. The van der Waals surface area contributed by atoms with Crippen LogP contribution in [-0.2, 0) is 54.5 Å². The Labute approximate surface area is 419 Å². The Balaban J connectivity index is 1.66. The summed E-state index contributed by atoms with van der Waals surface area (Å²) in [4.78, 5) is 130. The maximum Gasteiger partial charge on any atom is 0.326 e. The third kappa shape index (κ3) is 16.6. The van der Waals surface area contributed by atoms with Crippen LogP contribution in [0.1, 0.15) is 84.5 Å². The van der Waals surface area contributed by atoms with Gasteiger partial charge < -0.3 is 51.4 Å². The number of nitrogens with zero attached hydrogens (tertiary/aromatic N) is 3. The number of aliphatic hydroxyl groups is 1. The van der Waals surface area contributed by atoms with Crippen molar-refractivity contribution in [1.82, 2.24) is 41.0 Å². The number of imide groups is 1. The molecule has 3 aromatic rings. The van der Waals surface area contributed by atoms with Gasteiger partial charge in [-0.25, -0.2) is 13.6 Å². The minimum Gasteiger partial charge on any atom is -0.481 e. The summed E-state index contributed by atoms with van der Waals surface area (Å²) >= 11 is 0. The highest BCUT2D eigenvalue weighted by Gasteiger charge is 2.39. The van der Waals surface area contributed by atoms with Gasteiger partial charge in [-0.2, -0.15) is 0 Å². The number of halogens is 2. The highest BCUT2D eigenvalue weighted by Crippen LogP contribution is 2.41. The lowest BCUT2D eigenvalue weighted by Gasteiger charge is -2.41. The molecule has 1 aliphatic heterocycles. The first kappa shape index (κ1) is 57.8. The number of carbonyl (C=O) groups excluding carboxylic acids is 8. The van der Waals surface area contributed by atoms with E-state index in [0.717, 1.165) is 35.9 Å². The van der Waals surface area contributed by atoms with Gasteiger partial charge in [-0.05, 0) is 60.9 Å². The minimum absolute atomic E-state index is 0.0662. The fourth-order valence-corrected chi connectivity index (χ4v) is 8.00. The Morgan fingerprint density at radius 2 is 1.41 bits per heavy atom. The number of carboxylic acid groups (broad SMARTS) is 2. The molecule has 0 fully saturated rings. The van der Waals surface area contributed by atoms with Crippen LogP contribution in [0.15, 0.2) is 72.9 Å². The molecule has 4 rings (SSSR count). The van der Waals surface area contributed by atoms with Crippen molar-refractivity contribution in [1.29, 1.82) is 0 Å². The lowest BCUT2D eigenvalue weighted by molar-refractivity contribution is -0.143. The quantitative estimate of drug-likeness (QED) is 0.0533. The number of hydrogen-bond acceptors (Lipinski definition) is 11. The molecule has 1 aliphatic rings. The van der Waals surface area contributed by atoms with Crippen LogP contribution in [0.3, 0.4) is 0 Å². The summed E-state index contributed by atoms with van der Waals surface area (Å²) in [7, 11) is 0. The predicted molar refractivity (Wildman–Crippen MR) is 257 cm³/mol. The summed E-state index contributed by atoms with van der Waals surface area (Å²) in [6.07, 6.45) is 1.73. The number of hydrogen-bond donors (Lipinski definition) is 8. The molecule has 0 radical (unpaired) electrons. The molecule has 1 aromatic heterocycles. The molecule has 23 heteroatoms. The number of nitrogens with one attached hydrogen (secondary N) is 5. The molecule has 8 N–H and O–H groups in total. The smallest absolute Gasteiger partial charge is 0.326 e. The largest absolute Gasteiger partial charge is 0.481 e. The Kier molecular flexibility index (Phi) is 20.6. The molecule has 5 atom stereocenters. The number of aliphatic carboxylic acids is 2. The van der Waals surface area contributed by atoms with E-state index in [1.807, 2.05) is 30.3 Å². The molecule has 2 aromatic carbocycles. The normalized spacial score (nSPS) is 14.4. The molecule has 0 saturated carbocycles. The van der Waals surface area contributed by atoms with Crippen molar-refractivity contribution < 1.29 is 72.0 Å². The van der Waals surface area contributed by atoms with Gasteiger partial charge in [-0.15, -0.1) is 0 Å². The van der Waals surface area contributed by atoms with E-state index in [0.29, 0.717) is 10.6 Å². The van der Waals surface area contributed by atoms with Crippen molar-refractivity contribution in [2.24, 2.45) is 11.3 Å². The molecule has 0 spiro atoms. The van der Waals surface area contributed by atoms with Gasteiger partial charge in [-0.1, -0.05) is 65.0 Å². The maximum absolute atomic E-state index is 15.3. The topological polar surface area (TPSA) is 303 Å². The Bertz CT molecular complexity index is 2560. The molecule has 394 valence electrons. The number of aromatic nitrogens is 1. The molecule has 5 unspecified atom stereocenters. The number of rotatable bonds is 26. The third-order valence-electron chi connectivity index (χ3n) is 11.7. The number of benzene rings is 2. The van der Waals surface area contributed by atoms with E-state index in [4.69, 9.17) is 5.11 Å². The van der Waals surface area contributed by atoms with E-state index < -0.39 is 151 Å². The van der Waals surface area contributed by atoms with Crippen molar-refractivity contribution >= 4 is 59.2 Å². The maximum atomic E-state index is 15.3. The molecule has 0 saturated heterocycles. The van der Waals surface area contributed by atoms with Crippen LogP contribution in [0.4, 0.5) is 8.78 Å². The fraction of sp³-hybridized carbons (Fsp3) is 0.440. The van der Waals surface area contributed by atoms with Gasteiger partial charge in [0, 0.05) is 67.6 Å².